The zero-order chi connectivity index (χ0) is 19.3. The minimum Gasteiger partial charge on any atom is -0.493 e. The number of aliphatic hydroxyl groups is 1. The molecule has 0 saturated carbocycles. The molecule has 2 rings (SSSR count). The number of benzene rings is 2. The van der Waals surface area contributed by atoms with Gasteiger partial charge in [0.2, 0.25) is 0 Å². The Labute approximate surface area is 161 Å². The fourth-order valence-electron chi connectivity index (χ4n) is 2.37. The van der Waals surface area contributed by atoms with Gasteiger partial charge in [0.05, 0.1) is 20.3 Å². The molecule has 0 spiro atoms. The van der Waals surface area contributed by atoms with Crippen molar-refractivity contribution in [1.82, 2.24) is 0 Å². The quantitative estimate of drug-likeness (QED) is 0.733. The summed E-state index contributed by atoms with van der Waals surface area (Å²) in [6.07, 6.45) is -7.62. The number of methoxy groups -OCH3 is 2. The Hall–Kier alpha value is -2.16. The molecule has 0 unspecified atom stereocenters. The predicted octanol–water partition coefficient (Wildman–Crippen LogP) is 3.63. The zero-order valence-corrected chi connectivity index (χ0v) is 15.5. The van der Waals surface area contributed by atoms with Gasteiger partial charge >= 0.3 is 6.18 Å². The normalized spacial score (nSPS) is 13.3. The topological polar surface area (TPSA) is 73.9 Å². The largest absolute Gasteiger partial charge is 0.493 e. The molecule has 0 aromatic heterocycles. The van der Waals surface area contributed by atoms with Crippen LogP contribution in [0.2, 0.25) is 0 Å². The highest BCUT2D eigenvalue weighted by molar-refractivity contribution is 5.85. The fraction of sp³-hybridized carbons (Fsp3) is 0.333. The molecule has 9 heteroatoms. The number of halogens is 4. The van der Waals surface area contributed by atoms with Crippen LogP contribution in [0.4, 0.5) is 13.2 Å². The zero-order valence-electron chi connectivity index (χ0n) is 14.7. The average Bonchev–Trinajstić information content (AvgIpc) is 2.64. The molecule has 0 amide bonds. The summed E-state index contributed by atoms with van der Waals surface area (Å²) in [4.78, 5) is 0. The highest BCUT2D eigenvalue weighted by atomic mass is 35.5. The third-order valence-corrected chi connectivity index (χ3v) is 3.79. The lowest BCUT2D eigenvalue weighted by Gasteiger charge is -2.24. The second-order valence-corrected chi connectivity index (χ2v) is 5.53. The lowest BCUT2D eigenvalue weighted by atomic mass is 10.00. The van der Waals surface area contributed by atoms with E-state index in [1.54, 1.807) is 0 Å². The van der Waals surface area contributed by atoms with E-state index in [-0.39, 0.29) is 41.8 Å². The van der Waals surface area contributed by atoms with E-state index in [1.807, 2.05) is 30.3 Å². The number of hydrogen-bond acceptors (Lipinski definition) is 5. The Kier molecular flexibility index (Phi) is 8.20. The molecule has 2 aromatic rings. The van der Waals surface area contributed by atoms with Gasteiger partial charge in [0.1, 0.15) is 12.4 Å². The molecule has 0 fully saturated rings. The summed E-state index contributed by atoms with van der Waals surface area (Å²) in [6.45, 7) is 0.109. The summed E-state index contributed by atoms with van der Waals surface area (Å²) >= 11 is 0. The minimum atomic E-state index is -4.87. The third-order valence-electron chi connectivity index (χ3n) is 3.79. The summed E-state index contributed by atoms with van der Waals surface area (Å²) in [7, 11) is 2.74. The molecule has 0 aliphatic carbocycles. The first-order valence-electron chi connectivity index (χ1n) is 7.71. The van der Waals surface area contributed by atoms with Crippen LogP contribution in [-0.4, -0.2) is 31.6 Å². The van der Waals surface area contributed by atoms with Crippen LogP contribution in [-0.2, 0) is 6.61 Å². The number of nitrogens with two attached hydrogens (primary N) is 1. The Bertz CT molecular complexity index is 729. The molecule has 2 aromatic carbocycles. The monoisotopic (exact) mass is 407 g/mol. The molecule has 0 aliphatic rings. The van der Waals surface area contributed by atoms with Crippen molar-refractivity contribution in [2.24, 2.45) is 5.73 Å². The van der Waals surface area contributed by atoms with Crippen molar-refractivity contribution in [2.75, 3.05) is 14.2 Å². The van der Waals surface area contributed by atoms with Gasteiger partial charge in [-0.15, -0.1) is 12.4 Å². The van der Waals surface area contributed by atoms with Gasteiger partial charge in [-0.25, -0.2) is 0 Å². The van der Waals surface area contributed by atoms with Gasteiger partial charge in [-0.2, -0.15) is 13.2 Å². The Morgan fingerprint density at radius 1 is 1.00 bits per heavy atom. The molecular formula is C18H21ClF3NO4. The Balaban J connectivity index is 0.00000364. The minimum absolute atomic E-state index is 0. The fourth-order valence-corrected chi connectivity index (χ4v) is 2.37. The summed E-state index contributed by atoms with van der Waals surface area (Å²) in [5, 5.41) is 9.53. The number of alkyl halides is 3. The van der Waals surface area contributed by atoms with E-state index in [0.29, 0.717) is 0 Å². The molecule has 0 aliphatic heterocycles. The number of ether oxygens (including phenoxy) is 3. The molecule has 150 valence electrons. The lowest BCUT2D eigenvalue weighted by Crippen LogP contribution is -2.39. The van der Waals surface area contributed by atoms with Crippen molar-refractivity contribution < 1.29 is 32.5 Å². The molecule has 0 saturated heterocycles. The van der Waals surface area contributed by atoms with E-state index < -0.39 is 18.3 Å². The Morgan fingerprint density at radius 2 is 1.56 bits per heavy atom. The van der Waals surface area contributed by atoms with Crippen LogP contribution in [0.3, 0.4) is 0 Å². The van der Waals surface area contributed by atoms with Crippen molar-refractivity contribution in [3.63, 3.8) is 0 Å². The molecule has 0 bridgehead atoms. The van der Waals surface area contributed by atoms with Crippen LogP contribution in [0.1, 0.15) is 17.2 Å². The molecule has 27 heavy (non-hydrogen) atoms. The van der Waals surface area contributed by atoms with E-state index in [0.717, 1.165) is 5.56 Å². The average molecular weight is 408 g/mol. The first-order chi connectivity index (χ1) is 12.3. The molecule has 2 atom stereocenters. The van der Waals surface area contributed by atoms with Gasteiger partial charge in [-0.1, -0.05) is 30.3 Å². The lowest BCUT2D eigenvalue weighted by molar-refractivity contribution is -0.210. The van der Waals surface area contributed by atoms with Crippen molar-refractivity contribution in [3.8, 4) is 17.2 Å². The van der Waals surface area contributed by atoms with E-state index in [2.05, 4.69) is 0 Å². The van der Waals surface area contributed by atoms with Crippen molar-refractivity contribution in [1.29, 1.82) is 0 Å². The van der Waals surface area contributed by atoms with Crippen molar-refractivity contribution in [3.05, 3.63) is 53.6 Å². The van der Waals surface area contributed by atoms with Crippen molar-refractivity contribution in [2.45, 2.75) is 24.9 Å². The first-order valence-corrected chi connectivity index (χ1v) is 7.71. The number of rotatable bonds is 7. The second kappa shape index (κ2) is 9.68. The van der Waals surface area contributed by atoms with Crippen LogP contribution in [0.15, 0.2) is 42.5 Å². The van der Waals surface area contributed by atoms with Crippen LogP contribution >= 0.6 is 12.4 Å². The second-order valence-electron chi connectivity index (χ2n) is 5.53. The standard InChI is InChI=1S/C18H20F3NO4.ClH/c1-24-14-8-12(16(22)17(23)18(19,20)21)13(9-15(14)25-2)26-10-11-6-4-3-5-7-11;/h3-9,16-17,23H,10,22H2,1-2H3;1H/t16-,17-;/m0./s1. The molecule has 0 radical (unpaired) electrons. The maximum Gasteiger partial charge on any atom is 0.416 e. The maximum atomic E-state index is 12.9. The van der Waals surface area contributed by atoms with Crippen LogP contribution in [0.25, 0.3) is 0 Å². The van der Waals surface area contributed by atoms with Crippen LogP contribution in [0, 0.1) is 0 Å². The third kappa shape index (κ3) is 5.66. The highest BCUT2D eigenvalue weighted by Gasteiger charge is 2.43. The first kappa shape index (κ1) is 22.9. The molecule has 3 N–H and O–H groups in total. The molecule has 5 nitrogen and oxygen atoms in total. The number of hydrogen-bond donors (Lipinski definition) is 2. The van der Waals surface area contributed by atoms with Gasteiger partial charge in [0.15, 0.2) is 17.6 Å². The maximum absolute atomic E-state index is 12.9. The van der Waals surface area contributed by atoms with Crippen LogP contribution in [0.5, 0.6) is 17.2 Å². The molecular weight excluding hydrogens is 387 g/mol. The van der Waals surface area contributed by atoms with Crippen molar-refractivity contribution >= 4 is 12.4 Å². The van der Waals surface area contributed by atoms with E-state index in [9.17, 15) is 18.3 Å². The van der Waals surface area contributed by atoms with Gasteiger partial charge in [-0.05, 0) is 11.6 Å². The van der Waals surface area contributed by atoms with Gasteiger partial charge in [-0.3, -0.25) is 0 Å². The predicted molar refractivity (Wildman–Crippen MR) is 96.6 cm³/mol. The summed E-state index contributed by atoms with van der Waals surface area (Å²) < 4.78 is 54.5. The van der Waals surface area contributed by atoms with Gasteiger partial charge in [0.25, 0.3) is 0 Å². The highest BCUT2D eigenvalue weighted by Crippen LogP contribution is 2.40. The van der Waals surface area contributed by atoms with Crippen LogP contribution < -0.4 is 19.9 Å². The van der Waals surface area contributed by atoms with Gasteiger partial charge < -0.3 is 25.1 Å². The smallest absolute Gasteiger partial charge is 0.416 e. The van der Waals surface area contributed by atoms with E-state index in [4.69, 9.17) is 19.9 Å². The molecule has 0 heterocycles. The SMILES string of the molecule is COc1cc(OCc2ccccc2)c([C@H](N)[C@H](O)C(F)(F)F)cc1OC.Cl. The Morgan fingerprint density at radius 3 is 2.07 bits per heavy atom. The van der Waals surface area contributed by atoms with Gasteiger partial charge in [0, 0.05) is 11.6 Å². The number of aliphatic hydroxyl groups excluding tert-OH is 1. The van der Waals surface area contributed by atoms with E-state index >= 15 is 0 Å². The summed E-state index contributed by atoms with van der Waals surface area (Å²) in [6, 6.07) is 10.00. The summed E-state index contributed by atoms with van der Waals surface area (Å²) in [5.41, 5.74) is 6.44. The summed E-state index contributed by atoms with van der Waals surface area (Å²) in [5.74, 6) is 0.523. The van der Waals surface area contributed by atoms with E-state index in [1.165, 1.54) is 26.4 Å².